The lowest BCUT2D eigenvalue weighted by atomic mass is 10.1. The van der Waals surface area contributed by atoms with Crippen molar-refractivity contribution in [3.63, 3.8) is 0 Å². The summed E-state index contributed by atoms with van der Waals surface area (Å²) in [7, 11) is -1.02. The lowest BCUT2D eigenvalue weighted by Crippen LogP contribution is -2.41. The van der Waals surface area contributed by atoms with Gasteiger partial charge >= 0.3 is 0 Å². The van der Waals surface area contributed by atoms with Crippen molar-refractivity contribution in [3.05, 3.63) is 0 Å². The van der Waals surface area contributed by atoms with E-state index in [2.05, 4.69) is 11.9 Å². The first-order valence-corrected chi connectivity index (χ1v) is 8.84. The summed E-state index contributed by atoms with van der Waals surface area (Å²) >= 11 is 5.72. The summed E-state index contributed by atoms with van der Waals surface area (Å²) in [6, 6.07) is 0.972. The van der Waals surface area contributed by atoms with E-state index in [0.29, 0.717) is 31.1 Å². The Morgan fingerprint density at radius 2 is 1.94 bits per heavy atom. The zero-order valence-electron chi connectivity index (χ0n) is 11.2. The Morgan fingerprint density at radius 3 is 2.61 bits per heavy atom. The molecular weight excluding hydrogens is 272 g/mol. The highest BCUT2D eigenvalue weighted by Crippen LogP contribution is 2.29. The Labute approximate surface area is 115 Å². The van der Waals surface area contributed by atoms with E-state index in [1.165, 1.54) is 6.42 Å². The molecule has 3 atom stereocenters. The monoisotopic (exact) mass is 294 g/mol. The number of sulfonamides is 1. The lowest BCUT2D eigenvalue weighted by molar-refractivity contribution is 0.246. The van der Waals surface area contributed by atoms with Gasteiger partial charge in [0.2, 0.25) is 10.0 Å². The average Bonchev–Trinajstić information content (AvgIpc) is 2.51. The van der Waals surface area contributed by atoms with Crippen molar-refractivity contribution in [2.24, 2.45) is 5.92 Å². The van der Waals surface area contributed by atoms with E-state index in [9.17, 15) is 8.42 Å². The van der Waals surface area contributed by atoms with Gasteiger partial charge in [-0.2, -0.15) is 0 Å². The molecule has 2 heterocycles. The third kappa shape index (κ3) is 3.00. The molecule has 0 aromatic heterocycles. The molecule has 2 fully saturated rings. The summed E-state index contributed by atoms with van der Waals surface area (Å²) in [6.45, 7) is 3.22. The molecule has 6 heteroatoms. The zero-order valence-corrected chi connectivity index (χ0v) is 12.8. The van der Waals surface area contributed by atoms with Crippen LogP contribution in [0.15, 0.2) is 0 Å². The summed E-state index contributed by atoms with van der Waals surface area (Å²) in [5.74, 6) is 0.603. The summed E-state index contributed by atoms with van der Waals surface area (Å²) in [4.78, 5) is 2.36. The maximum atomic E-state index is 12.3. The van der Waals surface area contributed by atoms with E-state index in [0.717, 1.165) is 12.8 Å². The number of halogens is 1. The van der Waals surface area contributed by atoms with Crippen LogP contribution in [-0.4, -0.2) is 61.5 Å². The van der Waals surface area contributed by atoms with E-state index in [1.54, 1.807) is 4.31 Å². The van der Waals surface area contributed by atoms with E-state index in [1.807, 2.05) is 6.92 Å². The molecule has 0 N–H and O–H groups in total. The molecule has 0 aromatic rings. The topological polar surface area (TPSA) is 40.6 Å². The number of likely N-dealkylation sites (N-methyl/N-ethyl adjacent to an activating group) is 1. The number of rotatable bonds is 4. The molecule has 106 valence electrons. The van der Waals surface area contributed by atoms with Crippen LogP contribution in [0.25, 0.3) is 0 Å². The van der Waals surface area contributed by atoms with Crippen LogP contribution in [0.3, 0.4) is 0 Å². The third-order valence-corrected chi connectivity index (χ3v) is 6.90. The van der Waals surface area contributed by atoms with Gasteiger partial charge in [-0.25, -0.2) is 12.7 Å². The van der Waals surface area contributed by atoms with Gasteiger partial charge in [-0.05, 0) is 32.2 Å². The molecule has 2 saturated heterocycles. The Bertz CT molecular complexity index is 388. The highest BCUT2D eigenvalue weighted by molar-refractivity contribution is 7.89. The molecule has 0 spiro atoms. The predicted octanol–water partition coefficient (Wildman–Crippen LogP) is 1.36. The molecule has 2 aliphatic heterocycles. The fourth-order valence-electron chi connectivity index (χ4n) is 3.04. The van der Waals surface area contributed by atoms with Gasteiger partial charge < -0.3 is 0 Å². The van der Waals surface area contributed by atoms with Gasteiger partial charge in [0.05, 0.1) is 5.75 Å². The molecule has 0 saturated carbocycles. The van der Waals surface area contributed by atoms with Gasteiger partial charge in [0.15, 0.2) is 0 Å². The molecule has 0 aliphatic carbocycles. The largest absolute Gasteiger partial charge is 0.299 e. The Kier molecular flexibility index (Phi) is 4.57. The van der Waals surface area contributed by atoms with Crippen LogP contribution in [-0.2, 0) is 10.0 Å². The summed E-state index contributed by atoms with van der Waals surface area (Å²) in [6.07, 6.45) is 3.30. The molecule has 0 radical (unpaired) electrons. The van der Waals surface area contributed by atoms with E-state index < -0.39 is 10.0 Å². The number of hydrogen-bond acceptors (Lipinski definition) is 3. The van der Waals surface area contributed by atoms with Gasteiger partial charge in [-0.1, -0.05) is 6.92 Å². The van der Waals surface area contributed by atoms with Crippen LogP contribution in [0.5, 0.6) is 0 Å². The third-order valence-electron chi connectivity index (χ3n) is 4.26. The van der Waals surface area contributed by atoms with Gasteiger partial charge in [-0.15, -0.1) is 11.6 Å². The fraction of sp³-hybridized carbons (Fsp3) is 1.00. The molecular formula is C12H23ClN2O2S. The minimum atomic E-state index is -3.14. The van der Waals surface area contributed by atoms with Crippen LogP contribution in [0, 0.1) is 5.92 Å². The molecule has 18 heavy (non-hydrogen) atoms. The van der Waals surface area contributed by atoms with Gasteiger partial charge in [0.1, 0.15) is 0 Å². The van der Waals surface area contributed by atoms with Gasteiger partial charge in [0, 0.05) is 31.1 Å². The zero-order chi connectivity index (χ0) is 13.3. The Balaban J connectivity index is 2.05. The average molecular weight is 295 g/mol. The predicted molar refractivity (Wildman–Crippen MR) is 74.4 cm³/mol. The number of hydrogen-bond donors (Lipinski definition) is 0. The van der Waals surface area contributed by atoms with Crippen molar-refractivity contribution in [2.45, 2.75) is 38.3 Å². The molecule has 0 aromatic carbocycles. The molecule has 0 amide bonds. The maximum absolute atomic E-state index is 12.3. The molecule has 2 aliphatic rings. The molecule has 2 bridgehead atoms. The minimum absolute atomic E-state index is 0.0230. The number of alkyl halides is 1. The smallest absolute Gasteiger partial charge is 0.214 e. The van der Waals surface area contributed by atoms with Crippen molar-refractivity contribution >= 4 is 21.6 Å². The van der Waals surface area contributed by atoms with Crippen LogP contribution in [0.2, 0.25) is 0 Å². The van der Waals surface area contributed by atoms with Gasteiger partial charge in [-0.3, -0.25) is 4.90 Å². The Morgan fingerprint density at radius 1 is 1.28 bits per heavy atom. The standard InChI is InChI=1S/C12H23ClN2O2S/c1-10(7-13)9-18(16,17)15-6-5-11-3-4-12(8-15)14(11)2/h10-12H,3-9H2,1-2H3. The second-order valence-corrected chi connectivity index (χ2v) is 8.06. The van der Waals surface area contributed by atoms with Crippen LogP contribution in [0.4, 0.5) is 0 Å². The van der Waals surface area contributed by atoms with E-state index in [4.69, 9.17) is 11.6 Å². The van der Waals surface area contributed by atoms with Crippen molar-refractivity contribution in [2.75, 3.05) is 31.8 Å². The van der Waals surface area contributed by atoms with Gasteiger partial charge in [0.25, 0.3) is 0 Å². The fourth-order valence-corrected chi connectivity index (χ4v) is 5.11. The first-order chi connectivity index (χ1) is 8.44. The highest BCUT2D eigenvalue weighted by Gasteiger charge is 2.38. The summed E-state index contributed by atoms with van der Waals surface area (Å²) in [5, 5.41) is 0. The summed E-state index contributed by atoms with van der Waals surface area (Å²) < 4.78 is 26.4. The lowest BCUT2D eigenvalue weighted by Gasteiger charge is -2.26. The molecule has 4 nitrogen and oxygen atoms in total. The molecule has 3 unspecified atom stereocenters. The SMILES string of the molecule is CC(CCl)CS(=O)(=O)N1CCC2CCC(C1)N2C. The Hall–Kier alpha value is 0.160. The van der Waals surface area contributed by atoms with Crippen LogP contribution in [0.1, 0.15) is 26.2 Å². The van der Waals surface area contributed by atoms with E-state index >= 15 is 0 Å². The second kappa shape index (κ2) is 5.65. The van der Waals surface area contributed by atoms with Crippen LogP contribution >= 0.6 is 11.6 Å². The van der Waals surface area contributed by atoms with E-state index in [-0.39, 0.29) is 11.7 Å². The highest BCUT2D eigenvalue weighted by atomic mass is 35.5. The normalized spacial score (nSPS) is 32.4. The summed E-state index contributed by atoms with van der Waals surface area (Å²) in [5.41, 5.74) is 0. The minimum Gasteiger partial charge on any atom is -0.299 e. The van der Waals surface area contributed by atoms with Crippen molar-refractivity contribution in [1.82, 2.24) is 9.21 Å². The second-order valence-electron chi connectivity index (χ2n) is 5.74. The quantitative estimate of drug-likeness (QED) is 0.735. The van der Waals surface area contributed by atoms with Crippen molar-refractivity contribution < 1.29 is 8.42 Å². The number of nitrogens with zero attached hydrogens (tertiary/aromatic N) is 2. The van der Waals surface area contributed by atoms with Crippen molar-refractivity contribution in [1.29, 1.82) is 0 Å². The van der Waals surface area contributed by atoms with Crippen LogP contribution < -0.4 is 0 Å². The molecule has 2 rings (SSSR count). The first-order valence-electron chi connectivity index (χ1n) is 6.69. The maximum Gasteiger partial charge on any atom is 0.214 e. The first kappa shape index (κ1) is 14.6. The van der Waals surface area contributed by atoms with Crippen molar-refractivity contribution in [3.8, 4) is 0 Å². The number of fused-ring (bicyclic) bond motifs is 2.